The van der Waals surface area contributed by atoms with Crippen molar-refractivity contribution in [1.29, 1.82) is 0 Å². The number of thiazole rings is 1. The van der Waals surface area contributed by atoms with E-state index in [0.29, 0.717) is 17.5 Å². The summed E-state index contributed by atoms with van der Waals surface area (Å²) in [6.07, 6.45) is 6.95. The lowest BCUT2D eigenvalue weighted by atomic mass is 9.88. The second-order valence-corrected chi connectivity index (χ2v) is 12.9. The van der Waals surface area contributed by atoms with Gasteiger partial charge in [-0.3, -0.25) is 4.79 Å². The smallest absolute Gasteiger partial charge is 0.255 e. The molecule has 4 heterocycles. The highest BCUT2D eigenvalue weighted by Gasteiger charge is 2.33. The molecule has 226 valence electrons. The molecule has 0 saturated carbocycles. The van der Waals surface area contributed by atoms with Crippen molar-refractivity contribution in [3.05, 3.63) is 86.3 Å². The number of carbonyl (C=O) groups is 1. The summed E-state index contributed by atoms with van der Waals surface area (Å²) in [5, 5.41) is 7.18. The average Bonchev–Trinajstić information content (AvgIpc) is 3.56. The van der Waals surface area contributed by atoms with Gasteiger partial charge in [0.15, 0.2) is 0 Å². The molecule has 0 aliphatic carbocycles. The van der Waals surface area contributed by atoms with Crippen LogP contribution in [0.2, 0.25) is 5.02 Å². The van der Waals surface area contributed by atoms with E-state index in [0.717, 1.165) is 105 Å². The Balaban J connectivity index is 1.49. The lowest BCUT2D eigenvalue weighted by Gasteiger charge is -2.39. The molecule has 1 aromatic heterocycles. The minimum atomic E-state index is 0.132. The maximum atomic E-state index is 14.4. The lowest BCUT2D eigenvalue weighted by Crippen LogP contribution is -2.47. The summed E-state index contributed by atoms with van der Waals surface area (Å²) in [4.78, 5) is 24.1. The number of piperazine rings is 1. The van der Waals surface area contributed by atoms with Crippen molar-refractivity contribution in [2.24, 2.45) is 5.92 Å². The van der Waals surface area contributed by atoms with Gasteiger partial charge in [0.05, 0.1) is 17.8 Å². The molecule has 0 spiro atoms. The number of amides is 1. The third kappa shape index (κ3) is 6.60. The summed E-state index contributed by atoms with van der Waals surface area (Å²) >= 11 is 7.80. The Kier molecular flexibility index (Phi) is 9.63. The number of aromatic nitrogens is 1. The Labute approximate surface area is 264 Å². The maximum Gasteiger partial charge on any atom is 0.255 e. The molecule has 2 saturated heterocycles. The SMILES string of the molecule is CCc1cccc(CC)c1N1CC(c2nc(-c3ccc(Cl)cc3)cs2)=CC(C(=O)N2CCNCC2)=C1CC1CCOCC1. The van der Waals surface area contributed by atoms with Crippen molar-refractivity contribution in [3.63, 3.8) is 0 Å². The van der Waals surface area contributed by atoms with Crippen molar-refractivity contribution in [3.8, 4) is 11.3 Å². The van der Waals surface area contributed by atoms with Gasteiger partial charge in [-0.1, -0.05) is 55.8 Å². The molecule has 6 rings (SSSR count). The number of hydrogen-bond donors (Lipinski definition) is 1. The normalized spacial score (nSPS) is 18.3. The van der Waals surface area contributed by atoms with Crippen LogP contribution in [0.15, 0.2) is 65.2 Å². The number of carbonyl (C=O) groups excluding carboxylic acids is 1. The van der Waals surface area contributed by atoms with Crippen molar-refractivity contribution < 1.29 is 9.53 Å². The largest absolute Gasteiger partial charge is 0.381 e. The number of para-hydroxylation sites is 1. The van der Waals surface area contributed by atoms with Gasteiger partial charge < -0.3 is 19.9 Å². The molecule has 0 radical (unpaired) electrons. The summed E-state index contributed by atoms with van der Waals surface area (Å²) in [6, 6.07) is 14.5. The number of nitrogens with one attached hydrogen (secondary N) is 1. The van der Waals surface area contributed by atoms with Gasteiger partial charge in [0, 0.05) is 72.3 Å². The predicted molar refractivity (Wildman–Crippen MR) is 178 cm³/mol. The maximum absolute atomic E-state index is 14.4. The number of benzene rings is 2. The first-order valence-electron chi connectivity index (χ1n) is 15.7. The van der Waals surface area contributed by atoms with Crippen LogP contribution in [0.4, 0.5) is 5.69 Å². The van der Waals surface area contributed by atoms with Gasteiger partial charge in [0.2, 0.25) is 0 Å². The number of anilines is 1. The summed E-state index contributed by atoms with van der Waals surface area (Å²) in [5.74, 6) is 0.620. The van der Waals surface area contributed by atoms with E-state index in [1.165, 1.54) is 16.8 Å². The Bertz CT molecular complexity index is 1480. The zero-order valence-corrected chi connectivity index (χ0v) is 26.8. The van der Waals surface area contributed by atoms with E-state index in [9.17, 15) is 4.79 Å². The first kappa shape index (κ1) is 30.1. The van der Waals surface area contributed by atoms with Crippen LogP contribution >= 0.6 is 22.9 Å². The fourth-order valence-electron chi connectivity index (χ4n) is 6.46. The molecule has 0 atom stereocenters. The molecule has 6 nitrogen and oxygen atoms in total. The zero-order chi connectivity index (χ0) is 29.8. The van der Waals surface area contributed by atoms with Crippen molar-refractivity contribution in [2.45, 2.75) is 46.0 Å². The number of hydrogen-bond acceptors (Lipinski definition) is 6. The average molecular weight is 617 g/mol. The van der Waals surface area contributed by atoms with Crippen LogP contribution in [0.3, 0.4) is 0 Å². The van der Waals surface area contributed by atoms with E-state index in [1.54, 1.807) is 11.3 Å². The van der Waals surface area contributed by atoms with Gasteiger partial charge in [-0.15, -0.1) is 11.3 Å². The zero-order valence-electron chi connectivity index (χ0n) is 25.2. The van der Waals surface area contributed by atoms with Crippen LogP contribution in [0.1, 0.15) is 49.2 Å². The van der Waals surface area contributed by atoms with Gasteiger partial charge in [-0.2, -0.15) is 0 Å². The molecule has 0 bridgehead atoms. The summed E-state index contributed by atoms with van der Waals surface area (Å²) in [6.45, 7) is 9.82. The van der Waals surface area contributed by atoms with Crippen LogP contribution in [0, 0.1) is 5.92 Å². The molecule has 43 heavy (non-hydrogen) atoms. The first-order chi connectivity index (χ1) is 21.1. The topological polar surface area (TPSA) is 57.7 Å². The van der Waals surface area contributed by atoms with Crippen LogP contribution < -0.4 is 10.2 Å². The third-order valence-corrected chi connectivity index (χ3v) is 10.1. The number of rotatable bonds is 8. The first-order valence-corrected chi connectivity index (χ1v) is 16.9. The highest BCUT2D eigenvalue weighted by Crippen LogP contribution is 2.41. The molecule has 1 amide bonds. The molecule has 2 fully saturated rings. The predicted octanol–water partition coefficient (Wildman–Crippen LogP) is 6.99. The molecule has 8 heteroatoms. The molecular weight excluding hydrogens is 576 g/mol. The van der Waals surface area contributed by atoms with E-state index in [1.807, 2.05) is 29.2 Å². The molecular formula is C35H41ClN4O2S. The fraction of sp³-hybridized carbons (Fsp3) is 0.429. The fourth-order valence-corrected chi connectivity index (χ4v) is 7.43. The second-order valence-electron chi connectivity index (χ2n) is 11.6. The van der Waals surface area contributed by atoms with Crippen LogP contribution in [0.5, 0.6) is 0 Å². The van der Waals surface area contributed by atoms with Crippen molar-refractivity contribution in [2.75, 3.05) is 50.8 Å². The standard InChI is InChI=1S/C35H41ClN4O2S/c1-3-25-6-5-7-26(4-2)33(25)40-22-28(34-38-31(23-43-34)27-8-10-29(36)11-9-27)21-30(35(41)39-16-14-37-15-17-39)32(40)20-24-12-18-42-19-13-24/h5-11,21,23-24,37H,3-4,12-20,22H2,1-2H3. The highest BCUT2D eigenvalue weighted by atomic mass is 35.5. The number of halogens is 1. The molecule has 2 aromatic carbocycles. The van der Waals surface area contributed by atoms with Gasteiger partial charge in [-0.05, 0) is 67.4 Å². The summed E-state index contributed by atoms with van der Waals surface area (Å²) in [5.41, 5.74) is 8.94. The Morgan fingerprint density at radius 3 is 2.42 bits per heavy atom. The third-order valence-electron chi connectivity index (χ3n) is 8.89. The van der Waals surface area contributed by atoms with Gasteiger partial charge in [-0.25, -0.2) is 4.98 Å². The van der Waals surface area contributed by atoms with Crippen molar-refractivity contribution in [1.82, 2.24) is 15.2 Å². The Morgan fingerprint density at radius 1 is 1.05 bits per heavy atom. The van der Waals surface area contributed by atoms with Crippen molar-refractivity contribution >= 4 is 40.1 Å². The summed E-state index contributed by atoms with van der Waals surface area (Å²) in [7, 11) is 0. The minimum absolute atomic E-state index is 0.132. The number of ether oxygens (including phenoxy) is 1. The Hall–Kier alpha value is -2.97. The number of allylic oxidation sites excluding steroid dienone is 1. The molecule has 3 aliphatic rings. The van der Waals surface area contributed by atoms with Crippen LogP contribution in [-0.4, -0.2) is 61.7 Å². The number of aryl methyl sites for hydroxylation is 2. The molecule has 3 aromatic rings. The summed E-state index contributed by atoms with van der Waals surface area (Å²) < 4.78 is 5.73. The van der Waals surface area contributed by atoms with E-state index in [2.05, 4.69) is 53.7 Å². The van der Waals surface area contributed by atoms with E-state index < -0.39 is 0 Å². The monoisotopic (exact) mass is 616 g/mol. The molecule has 0 unspecified atom stereocenters. The molecule has 3 aliphatic heterocycles. The van der Waals surface area contributed by atoms with Crippen LogP contribution in [-0.2, 0) is 22.4 Å². The molecule has 1 N–H and O–H groups in total. The van der Waals surface area contributed by atoms with Gasteiger partial charge in [0.25, 0.3) is 5.91 Å². The highest BCUT2D eigenvalue weighted by molar-refractivity contribution is 7.11. The van der Waals surface area contributed by atoms with E-state index in [4.69, 9.17) is 21.3 Å². The van der Waals surface area contributed by atoms with Gasteiger partial charge in [0.1, 0.15) is 5.01 Å². The Morgan fingerprint density at radius 2 is 1.74 bits per heavy atom. The van der Waals surface area contributed by atoms with E-state index >= 15 is 0 Å². The number of nitrogens with zero attached hydrogens (tertiary/aromatic N) is 3. The van der Waals surface area contributed by atoms with E-state index in [-0.39, 0.29) is 5.91 Å². The van der Waals surface area contributed by atoms with Crippen LogP contribution in [0.25, 0.3) is 16.8 Å². The quantitative estimate of drug-likeness (QED) is 0.295. The van der Waals surface area contributed by atoms with Gasteiger partial charge >= 0.3 is 0 Å². The minimum Gasteiger partial charge on any atom is -0.381 e. The second kappa shape index (κ2) is 13.8. The lowest BCUT2D eigenvalue weighted by molar-refractivity contribution is -0.127.